The molecule has 0 aliphatic heterocycles. The minimum atomic E-state index is -0.700. The quantitative estimate of drug-likeness (QED) is 0.405. The molecule has 35 heavy (non-hydrogen) atoms. The molecule has 176 valence electrons. The number of thiol groups is 1. The molecule has 3 amide bonds. The highest BCUT2D eigenvalue weighted by Crippen LogP contribution is 2.32. The number of carbonyl (C=O) groups is 2. The first kappa shape index (κ1) is 25.1. The van der Waals surface area contributed by atoms with Gasteiger partial charge in [0.2, 0.25) is 0 Å². The van der Waals surface area contributed by atoms with Crippen molar-refractivity contribution in [1.82, 2.24) is 5.32 Å². The van der Waals surface area contributed by atoms with Crippen molar-refractivity contribution in [3.05, 3.63) is 89.2 Å². The first-order valence-electron chi connectivity index (χ1n) is 10.3. The Morgan fingerprint density at radius 2 is 1.83 bits per heavy atom. The fourth-order valence-electron chi connectivity index (χ4n) is 3.10. The molecule has 3 aromatic carbocycles. The SMILES string of the molecule is CC(NC(=O)N(S)c1ccc(NC(=O)c2ccccc2F)c(OCC#N)c1)c1ccc(C#N)cc1. The summed E-state index contributed by atoms with van der Waals surface area (Å²) in [6.07, 6.45) is 0. The van der Waals surface area contributed by atoms with Gasteiger partial charge in [-0.2, -0.15) is 10.5 Å². The van der Waals surface area contributed by atoms with Crippen molar-refractivity contribution in [3.63, 3.8) is 0 Å². The summed E-state index contributed by atoms with van der Waals surface area (Å²) >= 11 is 4.27. The van der Waals surface area contributed by atoms with E-state index in [1.54, 1.807) is 31.2 Å². The van der Waals surface area contributed by atoms with Crippen LogP contribution in [0.2, 0.25) is 0 Å². The number of halogens is 1. The number of nitrogens with one attached hydrogen (secondary N) is 2. The van der Waals surface area contributed by atoms with E-state index < -0.39 is 17.8 Å². The van der Waals surface area contributed by atoms with Crippen LogP contribution in [-0.4, -0.2) is 18.5 Å². The number of urea groups is 1. The van der Waals surface area contributed by atoms with Gasteiger partial charge in [-0.1, -0.05) is 37.1 Å². The summed E-state index contributed by atoms with van der Waals surface area (Å²) in [4.78, 5) is 25.2. The molecule has 0 aromatic heterocycles. The molecule has 0 fully saturated rings. The van der Waals surface area contributed by atoms with Crippen LogP contribution in [0.15, 0.2) is 66.7 Å². The van der Waals surface area contributed by atoms with Crippen LogP contribution in [0.1, 0.15) is 34.5 Å². The number of nitrogens with zero attached hydrogens (tertiary/aromatic N) is 3. The van der Waals surface area contributed by atoms with Gasteiger partial charge in [-0.25, -0.2) is 13.5 Å². The van der Waals surface area contributed by atoms with Gasteiger partial charge in [0.1, 0.15) is 17.6 Å². The minimum Gasteiger partial charge on any atom is -0.476 e. The van der Waals surface area contributed by atoms with Crippen LogP contribution < -0.4 is 19.7 Å². The number of ether oxygens (including phenoxy) is 1. The molecule has 1 atom stereocenters. The maximum atomic E-state index is 14.0. The van der Waals surface area contributed by atoms with Crippen molar-refractivity contribution >= 4 is 36.1 Å². The second-order valence-corrected chi connectivity index (χ2v) is 7.68. The van der Waals surface area contributed by atoms with Gasteiger partial charge < -0.3 is 15.4 Å². The zero-order valence-electron chi connectivity index (χ0n) is 18.5. The van der Waals surface area contributed by atoms with E-state index in [0.29, 0.717) is 11.3 Å². The van der Waals surface area contributed by atoms with Crippen LogP contribution in [0, 0.1) is 28.5 Å². The first-order chi connectivity index (χ1) is 16.8. The third kappa shape index (κ3) is 6.28. The Bertz CT molecular complexity index is 1320. The van der Waals surface area contributed by atoms with Crippen molar-refractivity contribution in [2.45, 2.75) is 13.0 Å². The summed E-state index contributed by atoms with van der Waals surface area (Å²) in [6, 6.07) is 19.7. The number of benzene rings is 3. The molecule has 3 rings (SSSR count). The van der Waals surface area contributed by atoms with Gasteiger partial charge in [-0.05, 0) is 48.9 Å². The average Bonchev–Trinajstić information content (AvgIpc) is 2.87. The van der Waals surface area contributed by atoms with E-state index in [4.69, 9.17) is 15.3 Å². The summed E-state index contributed by atoms with van der Waals surface area (Å²) in [6.45, 7) is 1.46. The van der Waals surface area contributed by atoms with E-state index in [0.717, 1.165) is 9.87 Å². The summed E-state index contributed by atoms with van der Waals surface area (Å²) in [7, 11) is 0. The number of carbonyl (C=O) groups excluding carboxylic acids is 2. The lowest BCUT2D eigenvalue weighted by molar-refractivity contribution is 0.102. The van der Waals surface area contributed by atoms with Gasteiger partial charge in [0.15, 0.2) is 6.61 Å². The average molecular weight is 490 g/mol. The van der Waals surface area contributed by atoms with E-state index in [2.05, 4.69) is 23.4 Å². The monoisotopic (exact) mass is 489 g/mol. The maximum Gasteiger partial charge on any atom is 0.332 e. The molecule has 2 N–H and O–H groups in total. The maximum absolute atomic E-state index is 14.0. The molecule has 0 radical (unpaired) electrons. The fraction of sp³-hybridized carbons (Fsp3) is 0.120. The number of hydrogen-bond acceptors (Lipinski definition) is 6. The Kier molecular flexibility index (Phi) is 8.28. The highest BCUT2D eigenvalue weighted by atomic mass is 32.1. The third-order valence-electron chi connectivity index (χ3n) is 4.94. The van der Waals surface area contributed by atoms with Crippen LogP contribution in [0.4, 0.5) is 20.6 Å². The largest absolute Gasteiger partial charge is 0.476 e. The van der Waals surface area contributed by atoms with Gasteiger partial charge in [-0.15, -0.1) is 0 Å². The van der Waals surface area contributed by atoms with E-state index in [9.17, 15) is 14.0 Å². The Hall–Kier alpha value is -4.54. The number of anilines is 2. The number of hydrogen-bond donors (Lipinski definition) is 3. The molecule has 0 aliphatic carbocycles. The number of amides is 3. The fourth-order valence-corrected chi connectivity index (χ4v) is 3.29. The Morgan fingerprint density at radius 1 is 1.11 bits per heavy atom. The molecular formula is C25H20FN5O3S. The van der Waals surface area contributed by atoms with Crippen LogP contribution >= 0.6 is 12.8 Å². The lowest BCUT2D eigenvalue weighted by Crippen LogP contribution is -2.35. The minimum absolute atomic E-state index is 0.0979. The molecule has 0 saturated carbocycles. The molecule has 3 aromatic rings. The van der Waals surface area contributed by atoms with Crippen molar-refractivity contribution in [2.24, 2.45) is 0 Å². The molecule has 0 heterocycles. The lowest BCUT2D eigenvalue weighted by atomic mass is 10.1. The molecule has 0 saturated heterocycles. The highest BCUT2D eigenvalue weighted by Gasteiger charge is 2.19. The predicted molar refractivity (Wildman–Crippen MR) is 131 cm³/mol. The number of rotatable bonds is 7. The Morgan fingerprint density at radius 3 is 2.49 bits per heavy atom. The van der Waals surface area contributed by atoms with Gasteiger partial charge in [0, 0.05) is 6.07 Å². The van der Waals surface area contributed by atoms with Gasteiger partial charge in [0.25, 0.3) is 5.91 Å². The molecule has 0 bridgehead atoms. The molecule has 0 spiro atoms. The van der Waals surface area contributed by atoms with Gasteiger partial charge in [0.05, 0.1) is 34.6 Å². The van der Waals surface area contributed by atoms with E-state index in [-0.39, 0.29) is 29.6 Å². The zero-order chi connectivity index (χ0) is 25.4. The predicted octanol–water partition coefficient (Wildman–Crippen LogP) is 4.97. The first-order valence-corrected chi connectivity index (χ1v) is 10.7. The van der Waals surface area contributed by atoms with E-state index >= 15 is 0 Å². The molecule has 8 nitrogen and oxygen atoms in total. The van der Waals surface area contributed by atoms with E-state index in [1.165, 1.54) is 42.5 Å². The van der Waals surface area contributed by atoms with Crippen molar-refractivity contribution in [3.8, 4) is 17.9 Å². The van der Waals surface area contributed by atoms with Crippen LogP contribution in [0.3, 0.4) is 0 Å². The zero-order valence-corrected chi connectivity index (χ0v) is 19.4. The molecule has 1 unspecified atom stereocenters. The molecule has 10 heteroatoms. The van der Waals surface area contributed by atoms with Gasteiger partial charge in [-0.3, -0.25) is 4.79 Å². The summed E-state index contributed by atoms with van der Waals surface area (Å²) < 4.78 is 20.4. The van der Waals surface area contributed by atoms with Crippen molar-refractivity contribution in [1.29, 1.82) is 10.5 Å². The normalized spacial score (nSPS) is 10.9. The van der Waals surface area contributed by atoms with E-state index in [1.807, 2.05) is 12.1 Å². The van der Waals surface area contributed by atoms with Crippen LogP contribution in [-0.2, 0) is 0 Å². The topological polar surface area (TPSA) is 118 Å². The highest BCUT2D eigenvalue weighted by molar-refractivity contribution is 7.82. The molecule has 0 aliphatic rings. The number of nitriles is 2. The van der Waals surface area contributed by atoms with Crippen LogP contribution in [0.25, 0.3) is 0 Å². The summed E-state index contributed by atoms with van der Waals surface area (Å²) in [5.74, 6) is -1.29. The van der Waals surface area contributed by atoms with Gasteiger partial charge >= 0.3 is 6.03 Å². The second kappa shape index (κ2) is 11.5. The Labute approximate surface area is 207 Å². The Balaban J connectivity index is 1.77. The summed E-state index contributed by atoms with van der Waals surface area (Å²) in [5, 5.41) is 23.2. The van der Waals surface area contributed by atoms with Crippen molar-refractivity contribution in [2.75, 3.05) is 16.2 Å². The smallest absolute Gasteiger partial charge is 0.332 e. The third-order valence-corrected chi connectivity index (χ3v) is 5.35. The second-order valence-electron chi connectivity index (χ2n) is 7.28. The summed E-state index contributed by atoms with van der Waals surface area (Å²) in [5.41, 5.74) is 1.63. The van der Waals surface area contributed by atoms with Crippen molar-refractivity contribution < 1.29 is 18.7 Å². The standard InChI is InChI=1S/C25H20FN5O3S/c1-16(18-8-6-17(15-28)7-9-18)29-25(33)31(35)19-10-11-22(23(14-19)34-13-12-27)30-24(32)20-4-2-3-5-21(20)26/h2-11,14,16,35H,13H2,1H3,(H,29,33)(H,30,32). The lowest BCUT2D eigenvalue weighted by Gasteiger charge is -2.22. The van der Waals surface area contributed by atoms with Crippen LogP contribution in [0.5, 0.6) is 5.75 Å². The molecular weight excluding hydrogens is 469 g/mol.